The van der Waals surface area contributed by atoms with Gasteiger partial charge in [-0.3, -0.25) is 5.32 Å². The van der Waals surface area contributed by atoms with Gasteiger partial charge in [0.1, 0.15) is 17.5 Å². The number of piperidine rings is 1. The molecule has 7 nitrogen and oxygen atoms in total. The number of aromatic nitrogens is 4. The number of anilines is 1. The smallest absolute Gasteiger partial charge is 0.322 e. The Hall–Kier alpha value is -2.44. The summed E-state index contributed by atoms with van der Waals surface area (Å²) in [5.41, 5.74) is 1.27. The third kappa shape index (κ3) is 3.50. The number of nitrogens with one attached hydrogen (secondary N) is 1. The van der Waals surface area contributed by atoms with Crippen LogP contribution in [0.5, 0.6) is 0 Å². The number of hydrogen-bond donors (Lipinski definition) is 1. The molecule has 0 aromatic carbocycles. The summed E-state index contributed by atoms with van der Waals surface area (Å²) in [5, 5.41) is 7.40. The Morgan fingerprint density at radius 3 is 2.72 bits per heavy atom. The van der Waals surface area contributed by atoms with Gasteiger partial charge in [-0.1, -0.05) is 6.07 Å². The summed E-state index contributed by atoms with van der Waals surface area (Å²) < 4.78 is 1.96. The van der Waals surface area contributed by atoms with Crippen LogP contribution in [0.4, 0.5) is 10.6 Å². The van der Waals surface area contributed by atoms with Gasteiger partial charge in [0.2, 0.25) is 0 Å². The van der Waals surface area contributed by atoms with Crippen molar-refractivity contribution in [1.82, 2.24) is 24.6 Å². The fourth-order valence-electron chi connectivity index (χ4n) is 3.55. The molecule has 7 heteroatoms. The molecule has 1 unspecified atom stereocenters. The maximum absolute atomic E-state index is 12.6. The maximum Gasteiger partial charge on any atom is 0.323 e. The summed E-state index contributed by atoms with van der Waals surface area (Å²) >= 11 is 0. The van der Waals surface area contributed by atoms with Gasteiger partial charge in [0, 0.05) is 19.3 Å². The summed E-state index contributed by atoms with van der Waals surface area (Å²) in [7, 11) is 0. The molecule has 3 heterocycles. The predicted molar refractivity (Wildman–Crippen MR) is 94.6 cm³/mol. The predicted octanol–water partition coefficient (Wildman–Crippen LogP) is 3.04. The van der Waals surface area contributed by atoms with E-state index in [2.05, 4.69) is 26.4 Å². The quantitative estimate of drug-likeness (QED) is 0.932. The number of carbonyl (C=O) groups is 1. The number of rotatable bonds is 3. The van der Waals surface area contributed by atoms with Crippen LogP contribution in [0.1, 0.15) is 54.9 Å². The van der Waals surface area contributed by atoms with E-state index in [0.29, 0.717) is 18.3 Å². The van der Waals surface area contributed by atoms with Gasteiger partial charge in [-0.2, -0.15) is 5.10 Å². The Morgan fingerprint density at radius 2 is 2.08 bits per heavy atom. The largest absolute Gasteiger partial charge is 0.323 e. The number of nitrogens with zero attached hydrogens (tertiary/aromatic N) is 5. The topological polar surface area (TPSA) is 75.9 Å². The van der Waals surface area contributed by atoms with Gasteiger partial charge in [-0.25, -0.2) is 19.4 Å². The molecule has 2 aliphatic rings. The Balaban J connectivity index is 1.40. The third-order valence-corrected chi connectivity index (χ3v) is 5.01. The van der Waals surface area contributed by atoms with Crippen molar-refractivity contribution in [2.75, 3.05) is 18.4 Å². The zero-order chi connectivity index (χ0) is 17.4. The van der Waals surface area contributed by atoms with Gasteiger partial charge < -0.3 is 4.90 Å². The highest BCUT2D eigenvalue weighted by atomic mass is 16.2. The minimum Gasteiger partial charge on any atom is -0.322 e. The van der Waals surface area contributed by atoms with E-state index in [1.807, 2.05) is 35.7 Å². The van der Waals surface area contributed by atoms with Crippen molar-refractivity contribution in [3.05, 3.63) is 35.5 Å². The molecule has 4 rings (SSSR count). The van der Waals surface area contributed by atoms with E-state index >= 15 is 0 Å². The Labute approximate surface area is 147 Å². The molecule has 2 amide bonds. The number of likely N-dealkylation sites (tertiary alicyclic amines) is 1. The number of amides is 2. The van der Waals surface area contributed by atoms with E-state index in [4.69, 9.17) is 0 Å². The minimum absolute atomic E-state index is 0.0918. The van der Waals surface area contributed by atoms with Crippen LogP contribution in [0.15, 0.2) is 18.3 Å². The third-order valence-electron chi connectivity index (χ3n) is 5.01. The van der Waals surface area contributed by atoms with Crippen molar-refractivity contribution in [2.24, 2.45) is 0 Å². The van der Waals surface area contributed by atoms with E-state index in [1.165, 1.54) is 18.4 Å². The number of pyridine rings is 1. The molecule has 2 aromatic rings. The zero-order valence-electron chi connectivity index (χ0n) is 14.8. The molecule has 0 radical (unpaired) electrons. The van der Waals surface area contributed by atoms with E-state index < -0.39 is 0 Å². The van der Waals surface area contributed by atoms with Crippen LogP contribution in [0.2, 0.25) is 0 Å². The van der Waals surface area contributed by atoms with Gasteiger partial charge >= 0.3 is 6.03 Å². The number of hydrogen-bond acceptors (Lipinski definition) is 4. The van der Waals surface area contributed by atoms with Gasteiger partial charge in [0.05, 0.1) is 6.04 Å². The molecule has 1 saturated heterocycles. The van der Waals surface area contributed by atoms with Crippen molar-refractivity contribution >= 4 is 11.8 Å². The maximum atomic E-state index is 12.6. The normalized spacial score (nSPS) is 20.6. The molecule has 1 atom stereocenters. The zero-order valence-corrected chi connectivity index (χ0v) is 14.8. The van der Waals surface area contributed by atoms with Crippen LogP contribution >= 0.6 is 0 Å². The molecule has 0 bridgehead atoms. The van der Waals surface area contributed by atoms with Crippen molar-refractivity contribution in [3.63, 3.8) is 0 Å². The first-order valence-corrected chi connectivity index (χ1v) is 9.02. The molecule has 1 aliphatic heterocycles. The van der Waals surface area contributed by atoms with E-state index in [9.17, 15) is 4.79 Å². The molecular weight excluding hydrogens is 316 g/mol. The minimum atomic E-state index is -0.0918. The van der Waals surface area contributed by atoms with E-state index in [-0.39, 0.29) is 12.1 Å². The first-order valence-electron chi connectivity index (χ1n) is 9.02. The summed E-state index contributed by atoms with van der Waals surface area (Å²) in [4.78, 5) is 23.2. The summed E-state index contributed by atoms with van der Waals surface area (Å²) in [6.45, 7) is 5.27. The Morgan fingerprint density at radius 1 is 1.24 bits per heavy atom. The molecule has 1 saturated carbocycles. The van der Waals surface area contributed by atoms with Crippen molar-refractivity contribution in [3.8, 4) is 0 Å². The fraction of sp³-hybridized carbons (Fsp3) is 0.556. The average Bonchev–Trinajstić information content (AvgIpc) is 3.40. The van der Waals surface area contributed by atoms with Gasteiger partial charge in [-0.15, -0.1) is 0 Å². The second-order valence-corrected chi connectivity index (χ2v) is 7.07. The number of aryl methyl sites for hydroxylation is 2. The summed E-state index contributed by atoms with van der Waals surface area (Å²) in [5.74, 6) is 2.97. The van der Waals surface area contributed by atoms with Crippen LogP contribution in [0.3, 0.4) is 0 Å². The first kappa shape index (κ1) is 16.1. The fourth-order valence-corrected chi connectivity index (χ4v) is 3.55. The molecule has 25 heavy (non-hydrogen) atoms. The van der Waals surface area contributed by atoms with Crippen LogP contribution in [0.25, 0.3) is 0 Å². The lowest BCUT2D eigenvalue weighted by molar-refractivity contribution is 0.173. The van der Waals surface area contributed by atoms with Crippen molar-refractivity contribution in [2.45, 2.75) is 51.5 Å². The van der Waals surface area contributed by atoms with Gasteiger partial charge in [0.15, 0.2) is 0 Å². The average molecular weight is 340 g/mol. The lowest BCUT2D eigenvalue weighted by Crippen LogP contribution is -2.43. The highest BCUT2D eigenvalue weighted by Gasteiger charge is 2.27. The molecule has 0 spiro atoms. The monoisotopic (exact) mass is 340 g/mol. The Kier molecular flexibility index (Phi) is 4.15. The van der Waals surface area contributed by atoms with Crippen LogP contribution < -0.4 is 5.32 Å². The number of urea groups is 1. The molecule has 1 N–H and O–H groups in total. The summed E-state index contributed by atoms with van der Waals surface area (Å²) in [6, 6.07) is 4.07. The SMILES string of the molecule is Cc1nc(C)n(C2CCCN(C(=O)Nc3ccc(C4CC4)cn3)C2)n1. The molecule has 132 valence electrons. The van der Waals surface area contributed by atoms with E-state index in [1.54, 1.807) is 0 Å². The van der Waals surface area contributed by atoms with Crippen LogP contribution in [0, 0.1) is 13.8 Å². The number of carbonyl (C=O) groups excluding carboxylic acids is 1. The van der Waals surface area contributed by atoms with Crippen LogP contribution in [-0.4, -0.2) is 43.8 Å². The van der Waals surface area contributed by atoms with Crippen LogP contribution in [-0.2, 0) is 0 Å². The van der Waals surface area contributed by atoms with Crippen molar-refractivity contribution < 1.29 is 4.79 Å². The van der Waals surface area contributed by atoms with Crippen molar-refractivity contribution in [1.29, 1.82) is 0 Å². The lowest BCUT2D eigenvalue weighted by Gasteiger charge is -2.33. The second-order valence-electron chi connectivity index (χ2n) is 7.07. The molecule has 1 aliphatic carbocycles. The summed E-state index contributed by atoms with van der Waals surface area (Å²) in [6.07, 6.45) is 6.37. The Bertz CT molecular complexity index is 764. The van der Waals surface area contributed by atoms with Gasteiger partial charge in [0.25, 0.3) is 0 Å². The molecule has 2 fully saturated rings. The molecule has 2 aromatic heterocycles. The second kappa shape index (κ2) is 6.46. The first-order chi connectivity index (χ1) is 12.1. The lowest BCUT2D eigenvalue weighted by atomic mass is 10.1. The van der Waals surface area contributed by atoms with E-state index in [0.717, 1.165) is 31.0 Å². The van der Waals surface area contributed by atoms with Gasteiger partial charge in [-0.05, 0) is 57.1 Å². The standard InChI is InChI=1S/C18H24N6O/c1-12-20-13(2)24(22-12)16-4-3-9-23(11-16)18(25)21-17-8-7-15(10-19-17)14-5-6-14/h7-8,10,14,16H,3-6,9,11H2,1-2H3,(H,19,21,25). The highest BCUT2D eigenvalue weighted by Crippen LogP contribution is 2.39. The molecular formula is C18H24N6O. The highest BCUT2D eigenvalue weighted by molar-refractivity contribution is 5.88.